The lowest BCUT2D eigenvalue weighted by atomic mass is 10.1. The molecule has 0 aliphatic heterocycles. The Balaban J connectivity index is 1.90. The van der Waals surface area contributed by atoms with Gasteiger partial charge in [0.1, 0.15) is 17.3 Å². The van der Waals surface area contributed by atoms with Gasteiger partial charge in [-0.1, -0.05) is 12.1 Å². The molecule has 0 saturated heterocycles. The molecule has 1 aromatic carbocycles. The summed E-state index contributed by atoms with van der Waals surface area (Å²) in [5.74, 6) is 0.993. The summed E-state index contributed by atoms with van der Waals surface area (Å²) in [5.41, 5.74) is 0.476. The third kappa shape index (κ3) is 4.49. The van der Waals surface area contributed by atoms with Gasteiger partial charge in [0.2, 0.25) is 0 Å². The van der Waals surface area contributed by atoms with E-state index in [1.54, 1.807) is 14.0 Å². The predicted octanol–water partition coefficient (Wildman–Crippen LogP) is 2.50. The molecule has 0 bridgehead atoms. The van der Waals surface area contributed by atoms with Crippen LogP contribution in [0.4, 0.5) is 0 Å². The topological polar surface area (TPSA) is 65.7 Å². The highest BCUT2D eigenvalue weighted by Crippen LogP contribution is 2.14. The summed E-state index contributed by atoms with van der Waals surface area (Å²) in [6.45, 7) is 1.62. The van der Waals surface area contributed by atoms with Gasteiger partial charge in [0, 0.05) is 12.5 Å². The van der Waals surface area contributed by atoms with Crippen LogP contribution in [0.25, 0.3) is 0 Å². The van der Waals surface area contributed by atoms with Crippen molar-refractivity contribution in [2.45, 2.75) is 19.8 Å². The summed E-state index contributed by atoms with van der Waals surface area (Å²) in [6, 6.07) is 10.1. The van der Waals surface area contributed by atoms with Crippen molar-refractivity contribution in [3.8, 4) is 11.5 Å². The van der Waals surface area contributed by atoms with E-state index in [2.05, 4.69) is 0 Å². The molecule has 0 saturated carbocycles. The van der Waals surface area contributed by atoms with Crippen LogP contribution >= 0.6 is 0 Å². The zero-order valence-corrected chi connectivity index (χ0v) is 11.9. The van der Waals surface area contributed by atoms with Crippen molar-refractivity contribution in [3.05, 3.63) is 58.1 Å². The molecule has 2 rings (SSSR count). The Labute approximate surface area is 122 Å². The third-order valence-electron chi connectivity index (χ3n) is 2.88. The average molecular weight is 288 g/mol. The van der Waals surface area contributed by atoms with Crippen molar-refractivity contribution in [2.75, 3.05) is 7.11 Å². The molecule has 0 aliphatic carbocycles. The lowest BCUT2D eigenvalue weighted by molar-refractivity contribution is -0.134. The number of esters is 1. The van der Waals surface area contributed by atoms with Crippen molar-refractivity contribution in [1.82, 2.24) is 0 Å². The highest BCUT2D eigenvalue weighted by molar-refractivity contribution is 5.72. The Hall–Kier alpha value is -2.56. The first-order valence-corrected chi connectivity index (χ1v) is 6.52. The second kappa shape index (κ2) is 6.74. The van der Waals surface area contributed by atoms with Gasteiger partial charge in [-0.05, 0) is 31.0 Å². The third-order valence-corrected chi connectivity index (χ3v) is 2.88. The minimum Gasteiger partial charge on any atom is -0.497 e. The monoisotopic (exact) mass is 288 g/mol. The molecule has 5 nitrogen and oxygen atoms in total. The van der Waals surface area contributed by atoms with E-state index >= 15 is 0 Å². The highest BCUT2D eigenvalue weighted by Gasteiger charge is 2.07. The summed E-state index contributed by atoms with van der Waals surface area (Å²) in [4.78, 5) is 22.9. The van der Waals surface area contributed by atoms with Crippen LogP contribution in [0, 0.1) is 6.92 Å². The van der Waals surface area contributed by atoms with Gasteiger partial charge in [0.15, 0.2) is 0 Å². The fraction of sp³-hybridized carbons (Fsp3) is 0.250. The molecule has 110 valence electrons. The molecule has 0 N–H and O–H groups in total. The van der Waals surface area contributed by atoms with E-state index in [9.17, 15) is 9.59 Å². The molecule has 1 aromatic heterocycles. The number of aryl methyl sites for hydroxylation is 2. The smallest absolute Gasteiger partial charge is 0.339 e. The normalized spacial score (nSPS) is 10.2. The van der Waals surface area contributed by atoms with Crippen LogP contribution < -0.4 is 15.1 Å². The summed E-state index contributed by atoms with van der Waals surface area (Å²) in [7, 11) is 1.60. The molecule has 0 fully saturated rings. The van der Waals surface area contributed by atoms with Crippen LogP contribution in [-0.2, 0) is 11.2 Å². The van der Waals surface area contributed by atoms with Gasteiger partial charge < -0.3 is 13.9 Å². The van der Waals surface area contributed by atoms with E-state index in [1.807, 2.05) is 24.3 Å². The first-order valence-electron chi connectivity index (χ1n) is 6.52. The Morgan fingerprint density at radius 2 is 1.86 bits per heavy atom. The Morgan fingerprint density at radius 1 is 1.14 bits per heavy atom. The number of carbonyl (C=O) groups is 1. The summed E-state index contributed by atoms with van der Waals surface area (Å²) in [5, 5.41) is 0. The Morgan fingerprint density at radius 3 is 2.48 bits per heavy atom. The van der Waals surface area contributed by atoms with E-state index in [0.717, 1.165) is 17.4 Å². The second-order valence-electron chi connectivity index (χ2n) is 4.54. The molecule has 2 aromatic rings. The number of benzene rings is 1. The zero-order chi connectivity index (χ0) is 15.2. The van der Waals surface area contributed by atoms with Crippen molar-refractivity contribution in [2.24, 2.45) is 0 Å². The fourth-order valence-electron chi connectivity index (χ4n) is 1.86. The van der Waals surface area contributed by atoms with Gasteiger partial charge in [-0.15, -0.1) is 0 Å². The second-order valence-corrected chi connectivity index (χ2v) is 4.54. The average Bonchev–Trinajstić information content (AvgIpc) is 2.44. The van der Waals surface area contributed by atoms with Crippen LogP contribution in [0.1, 0.15) is 17.7 Å². The number of hydrogen-bond acceptors (Lipinski definition) is 5. The maximum absolute atomic E-state index is 11.8. The molecular weight excluding hydrogens is 272 g/mol. The van der Waals surface area contributed by atoms with Gasteiger partial charge in [-0.3, -0.25) is 4.79 Å². The van der Waals surface area contributed by atoms with Crippen molar-refractivity contribution in [1.29, 1.82) is 0 Å². The number of carbonyl (C=O) groups excluding carboxylic acids is 1. The SMILES string of the molecule is COc1ccc(CCC(=O)Oc2cc(C)oc(=O)c2)cc1. The van der Waals surface area contributed by atoms with E-state index in [1.165, 1.54) is 6.07 Å². The van der Waals surface area contributed by atoms with Gasteiger partial charge in [-0.25, -0.2) is 4.79 Å². The van der Waals surface area contributed by atoms with Gasteiger partial charge in [-0.2, -0.15) is 0 Å². The van der Waals surface area contributed by atoms with Crippen LogP contribution in [0.5, 0.6) is 11.5 Å². The van der Waals surface area contributed by atoms with Crippen molar-refractivity contribution >= 4 is 5.97 Å². The fourth-order valence-corrected chi connectivity index (χ4v) is 1.86. The minimum atomic E-state index is -0.534. The first kappa shape index (κ1) is 14.8. The maximum Gasteiger partial charge on any atom is 0.339 e. The quantitative estimate of drug-likeness (QED) is 0.791. The van der Waals surface area contributed by atoms with Gasteiger partial charge in [0.05, 0.1) is 13.2 Å². The molecule has 0 unspecified atom stereocenters. The summed E-state index contributed by atoms with van der Waals surface area (Å²) < 4.78 is 15.0. The number of rotatable bonds is 5. The van der Waals surface area contributed by atoms with E-state index in [4.69, 9.17) is 13.9 Å². The standard InChI is InChI=1S/C16H16O5/c1-11-9-14(10-16(18)20-11)21-15(17)8-5-12-3-6-13(19-2)7-4-12/h3-4,6-7,9-10H,5,8H2,1-2H3. The van der Waals surface area contributed by atoms with Crippen LogP contribution in [0.3, 0.4) is 0 Å². The molecule has 0 amide bonds. The van der Waals surface area contributed by atoms with Crippen LogP contribution in [-0.4, -0.2) is 13.1 Å². The number of ether oxygens (including phenoxy) is 2. The van der Waals surface area contributed by atoms with Crippen LogP contribution in [0.2, 0.25) is 0 Å². The molecule has 0 aliphatic rings. The minimum absolute atomic E-state index is 0.212. The van der Waals surface area contributed by atoms with Gasteiger partial charge in [0.25, 0.3) is 0 Å². The maximum atomic E-state index is 11.8. The van der Waals surface area contributed by atoms with Crippen molar-refractivity contribution < 1.29 is 18.7 Å². The van der Waals surface area contributed by atoms with Crippen LogP contribution in [0.15, 0.2) is 45.6 Å². The molecular formula is C16H16O5. The molecule has 1 heterocycles. The molecule has 0 atom stereocenters. The van der Waals surface area contributed by atoms with E-state index < -0.39 is 11.6 Å². The Kier molecular flexibility index (Phi) is 4.77. The lowest BCUT2D eigenvalue weighted by Crippen LogP contribution is -2.11. The van der Waals surface area contributed by atoms with Crippen molar-refractivity contribution in [3.63, 3.8) is 0 Å². The van der Waals surface area contributed by atoms with E-state index in [-0.39, 0.29) is 12.2 Å². The largest absolute Gasteiger partial charge is 0.497 e. The molecule has 21 heavy (non-hydrogen) atoms. The molecule has 0 spiro atoms. The van der Waals surface area contributed by atoms with Gasteiger partial charge >= 0.3 is 11.6 Å². The predicted molar refractivity (Wildman–Crippen MR) is 76.7 cm³/mol. The number of methoxy groups -OCH3 is 1. The molecule has 5 heteroatoms. The zero-order valence-electron chi connectivity index (χ0n) is 11.9. The summed E-state index contributed by atoms with van der Waals surface area (Å²) in [6.07, 6.45) is 0.787. The van der Waals surface area contributed by atoms with E-state index in [0.29, 0.717) is 12.2 Å². The summed E-state index contributed by atoms with van der Waals surface area (Å²) >= 11 is 0. The lowest BCUT2D eigenvalue weighted by Gasteiger charge is -2.05. The number of hydrogen-bond donors (Lipinski definition) is 0. The molecule has 0 radical (unpaired) electrons. The highest BCUT2D eigenvalue weighted by atomic mass is 16.5. The Bertz CT molecular complexity index is 670. The first-order chi connectivity index (χ1) is 10.1.